The highest BCUT2D eigenvalue weighted by Gasteiger charge is 2.06. The third-order valence-corrected chi connectivity index (χ3v) is 1.76. The van der Waals surface area contributed by atoms with Crippen molar-refractivity contribution in [3.05, 3.63) is 48.4 Å². The Labute approximate surface area is 71.0 Å². The molecule has 1 aromatic carbocycles. The van der Waals surface area contributed by atoms with E-state index in [0.717, 1.165) is 5.69 Å². The Kier molecular flexibility index (Phi) is 1.67. The largest absolute Gasteiger partial charge is 0.258 e. The van der Waals surface area contributed by atoms with Crippen LogP contribution in [0.1, 0.15) is 5.56 Å². The quantitative estimate of drug-likeness (QED) is 0.582. The van der Waals surface area contributed by atoms with Gasteiger partial charge < -0.3 is 0 Å². The molecule has 2 aromatic rings. The highest BCUT2D eigenvalue weighted by molar-refractivity contribution is 5.25. The van der Waals surface area contributed by atoms with E-state index in [9.17, 15) is 0 Å². The number of aromatic nitrogens is 1. The van der Waals surface area contributed by atoms with Gasteiger partial charge in [-0.3, -0.25) is 0 Å². The SMILES string of the molecule is Cc1ccc(-[n+]2ccco2)cc1. The van der Waals surface area contributed by atoms with Crippen LogP contribution in [0.2, 0.25) is 0 Å². The number of benzene rings is 1. The van der Waals surface area contributed by atoms with Crippen molar-refractivity contribution in [1.82, 2.24) is 0 Å². The van der Waals surface area contributed by atoms with Gasteiger partial charge in [-0.15, -0.1) is 0 Å². The number of hydrogen-bond donors (Lipinski definition) is 0. The first-order chi connectivity index (χ1) is 5.86. The maximum absolute atomic E-state index is 5.18. The maximum Gasteiger partial charge on any atom is 0.258 e. The average molecular weight is 160 g/mol. The summed E-state index contributed by atoms with van der Waals surface area (Å²) in [5, 5.41) is 0. The first-order valence-electron chi connectivity index (χ1n) is 3.89. The van der Waals surface area contributed by atoms with E-state index in [1.165, 1.54) is 5.56 Å². The van der Waals surface area contributed by atoms with E-state index >= 15 is 0 Å². The van der Waals surface area contributed by atoms with Crippen LogP contribution in [-0.4, -0.2) is 0 Å². The van der Waals surface area contributed by atoms with Gasteiger partial charge in [0.15, 0.2) is 6.26 Å². The highest BCUT2D eigenvalue weighted by Crippen LogP contribution is 2.01. The normalized spacial score (nSPS) is 10.1. The van der Waals surface area contributed by atoms with Gasteiger partial charge in [-0.1, -0.05) is 17.7 Å². The van der Waals surface area contributed by atoms with Gasteiger partial charge in [-0.05, 0) is 6.92 Å². The maximum atomic E-state index is 5.18. The predicted octanol–water partition coefficient (Wildman–Crippen LogP) is 1.86. The Morgan fingerprint density at radius 1 is 1.17 bits per heavy atom. The smallest absolute Gasteiger partial charge is 0.239 e. The molecule has 0 aliphatic rings. The molecule has 2 heteroatoms. The highest BCUT2D eigenvalue weighted by atomic mass is 16.5. The van der Waals surface area contributed by atoms with E-state index in [4.69, 9.17) is 4.52 Å². The second kappa shape index (κ2) is 2.81. The first-order valence-corrected chi connectivity index (χ1v) is 3.89. The molecule has 2 rings (SSSR count). The molecule has 12 heavy (non-hydrogen) atoms. The summed E-state index contributed by atoms with van der Waals surface area (Å²) in [7, 11) is 0. The molecule has 0 saturated heterocycles. The zero-order chi connectivity index (χ0) is 8.39. The summed E-state index contributed by atoms with van der Waals surface area (Å²) in [5.74, 6) is 0. The topological polar surface area (TPSA) is 17.0 Å². The van der Waals surface area contributed by atoms with Gasteiger partial charge in [0.05, 0.1) is 0 Å². The van der Waals surface area contributed by atoms with Gasteiger partial charge in [-0.2, -0.15) is 0 Å². The molecule has 0 saturated carbocycles. The van der Waals surface area contributed by atoms with Crippen LogP contribution in [0.15, 0.2) is 47.3 Å². The van der Waals surface area contributed by atoms with Gasteiger partial charge >= 0.3 is 0 Å². The molecule has 0 aliphatic carbocycles. The number of aryl methyl sites for hydroxylation is 1. The van der Waals surface area contributed by atoms with Crippen molar-refractivity contribution < 1.29 is 9.26 Å². The molecule has 1 aromatic heterocycles. The van der Waals surface area contributed by atoms with Crippen molar-refractivity contribution in [2.24, 2.45) is 0 Å². The molecule has 0 bridgehead atoms. The van der Waals surface area contributed by atoms with Crippen molar-refractivity contribution in [3.63, 3.8) is 0 Å². The van der Waals surface area contributed by atoms with Crippen molar-refractivity contribution in [2.45, 2.75) is 6.92 Å². The molecule has 0 spiro atoms. The third kappa shape index (κ3) is 1.23. The van der Waals surface area contributed by atoms with Crippen LogP contribution in [-0.2, 0) is 0 Å². The fourth-order valence-corrected chi connectivity index (χ4v) is 1.09. The minimum Gasteiger partial charge on any atom is -0.239 e. The number of nitrogens with zero attached hydrogens (tertiary/aromatic N) is 1. The Morgan fingerprint density at radius 3 is 2.50 bits per heavy atom. The Hall–Kier alpha value is -1.57. The minimum absolute atomic E-state index is 1.05. The summed E-state index contributed by atoms with van der Waals surface area (Å²) in [5.41, 5.74) is 2.30. The fourth-order valence-electron chi connectivity index (χ4n) is 1.09. The summed E-state index contributed by atoms with van der Waals surface area (Å²) < 4.78 is 6.90. The minimum atomic E-state index is 1.05. The molecule has 1 heterocycles. The zero-order valence-electron chi connectivity index (χ0n) is 6.90. The number of hydrogen-bond acceptors (Lipinski definition) is 1. The lowest BCUT2D eigenvalue weighted by Crippen LogP contribution is -2.26. The summed E-state index contributed by atoms with van der Waals surface area (Å²) in [6, 6.07) is 10.0. The standard InChI is InChI=1S/C10H10NO/c1-9-3-5-10(6-4-9)11-7-2-8-12-11/h2-8H,1H3/q+1. The van der Waals surface area contributed by atoms with E-state index < -0.39 is 0 Å². The van der Waals surface area contributed by atoms with Crippen molar-refractivity contribution >= 4 is 0 Å². The molecule has 0 N–H and O–H groups in total. The summed E-state index contributed by atoms with van der Waals surface area (Å²) in [4.78, 5) is 0. The molecule has 0 atom stereocenters. The van der Waals surface area contributed by atoms with Crippen LogP contribution in [0.25, 0.3) is 5.69 Å². The predicted molar refractivity (Wildman–Crippen MR) is 45.0 cm³/mol. The van der Waals surface area contributed by atoms with E-state index in [1.54, 1.807) is 11.0 Å². The lowest BCUT2D eigenvalue weighted by molar-refractivity contribution is -0.784. The summed E-state index contributed by atoms with van der Waals surface area (Å²) in [6.45, 7) is 2.07. The molecule has 0 aliphatic heterocycles. The lowest BCUT2D eigenvalue weighted by atomic mass is 10.2. The molecular weight excluding hydrogens is 150 g/mol. The number of rotatable bonds is 1. The molecular formula is C10H10NO+. The van der Waals surface area contributed by atoms with Crippen LogP contribution in [0.4, 0.5) is 0 Å². The Morgan fingerprint density at radius 2 is 1.92 bits per heavy atom. The van der Waals surface area contributed by atoms with Gasteiger partial charge in [0.1, 0.15) is 0 Å². The molecule has 0 radical (unpaired) electrons. The van der Waals surface area contributed by atoms with E-state index in [-0.39, 0.29) is 0 Å². The second-order valence-corrected chi connectivity index (χ2v) is 2.74. The Bertz CT molecular complexity index is 348. The molecule has 2 nitrogen and oxygen atoms in total. The first kappa shape index (κ1) is 7.10. The summed E-state index contributed by atoms with van der Waals surface area (Å²) >= 11 is 0. The lowest BCUT2D eigenvalue weighted by Gasteiger charge is -1.89. The van der Waals surface area contributed by atoms with Crippen LogP contribution in [0.5, 0.6) is 0 Å². The third-order valence-electron chi connectivity index (χ3n) is 1.76. The molecule has 0 fully saturated rings. The molecule has 60 valence electrons. The van der Waals surface area contributed by atoms with Crippen molar-refractivity contribution in [2.75, 3.05) is 0 Å². The van der Waals surface area contributed by atoms with Crippen LogP contribution in [0, 0.1) is 6.92 Å². The summed E-state index contributed by atoms with van der Waals surface area (Å²) in [6.07, 6.45) is 3.53. The van der Waals surface area contributed by atoms with Crippen molar-refractivity contribution in [3.8, 4) is 5.69 Å². The van der Waals surface area contributed by atoms with Crippen molar-refractivity contribution in [1.29, 1.82) is 0 Å². The van der Waals surface area contributed by atoms with Gasteiger partial charge in [-0.25, -0.2) is 4.52 Å². The zero-order valence-corrected chi connectivity index (χ0v) is 6.90. The molecule has 0 amide bonds. The van der Waals surface area contributed by atoms with E-state index in [2.05, 4.69) is 19.1 Å². The van der Waals surface area contributed by atoms with E-state index in [0.29, 0.717) is 0 Å². The second-order valence-electron chi connectivity index (χ2n) is 2.74. The van der Waals surface area contributed by atoms with Gasteiger partial charge in [0.2, 0.25) is 6.20 Å². The molecule has 0 unspecified atom stereocenters. The average Bonchev–Trinajstić information content (AvgIpc) is 2.58. The van der Waals surface area contributed by atoms with Crippen LogP contribution < -0.4 is 4.74 Å². The van der Waals surface area contributed by atoms with Gasteiger partial charge in [0.25, 0.3) is 5.69 Å². The monoisotopic (exact) mass is 160 g/mol. The Balaban J connectivity index is 2.43. The fraction of sp³-hybridized carbons (Fsp3) is 0.100. The van der Waals surface area contributed by atoms with E-state index in [1.807, 2.05) is 24.4 Å². The van der Waals surface area contributed by atoms with Crippen LogP contribution >= 0.6 is 0 Å². The van der Waals surface area contributed by atoms with Gasteiger partial charge in [0, 0.05) is 22.9 Å². The van der Waals surface area contributed by atoms with Crippen LogP contribution in [0.3, 0.4) is 0 Å².